The molecule has 0 aliphatic heterocycles. The van der Waals surface area contributed by atoms with Crippen molar-refractivity contribution in [1.82, 2.24) is 10.2 Å². The van der Waals surface area contributed by atoms with Gasteiger partial charge in [-0.2, -0.15) is 0 Å². The van der Waals surface area contributed by atoms with Crippen LogP contribution in [0.4, 0.5) is 0 Å². The van der Waals surface area contributed by atoms with E-state index in [1.807, 2.05) is 20.8 Å². The third-order valence-corrected chi connectivity index (χ3v) is 5.54. The normalized spacial score (nSPS) is 12.3. The van der Waals surface area contributed by atoms with E-state index in [0.29, 0.717) is 26.4 Å². The minimum Gasteiger partial charge on any atom is -0.482 e. The fourth-order valence-electron chi connectivity index (χ4n) is 2.73. The van der Waals surface area contributed by atoms with E-state index in [1.54, 1.807) is 37.3 Å². The molecule has 168 valence electrons. The number of benzene rings is 2. The zero-order valence-corrected chi connectivity index (χ0v) is 20.7. The Balaban J connectivity index is 2.27. The Morgan fingerprint density at radius 1 is 1.03 bits per heavy atom. The summed E-state index contributed by atoms with van der Waals surface area (Å²) in [5.74, 6) is -0.436. The average Bonchev–Trinajstić information content (AvgIpc) is 2.65. The summed E-state index contributed by atoms with van der Waals surface area (Å²) in [6, 6.07) is 8.95. The lowest BCUT2D eigenvalue weighted by Crippen LogP contribution is -2.53. The van der Waals surface area contributed by atoms with Crippen LogP contribution in [0.3, 0.4) is 0 Å². The monoisotopic (exact) mass is 504 g/mol. The van der Waals surface area contributed by atoms with E-state index in [0.717, 1.165) is 0 Å². The Hall–Kier alpha value is -1.66. The van der Waals surface area contributed by atoms with Crippen molar-refractivity contribution in [3.8, 4) is 5.75 Å². The quantitative estimate of drug-likeness (QED) is 0.501. The van der Waals surface area contributed by atoms with Gasteiger partial charge >= 0.3 is 0 Å². The topological polar surface area (TPSA) is 58.6 Å². The summed E-state index contributed by atoms with van der Waals surface area (Å²) in [5.41, 5.74) is 0.0780. The van der Waals surface area contributed by atoms with E-state index in [1.165, 1.54) is 11.0 Å². The molecule has 2 amide bonds. The SMILES string of the molecule is C[C@H](C(=O)NC(C)(C)C)N(Cc1c(Cl)cccc1Cl)C(=O)COc1ccc(Cl)cc1Cl. The highest BCUT2D eigenvalue weighted by molar-refractivity contribution is 6.36. The van der Waals surface area contributed by atoms with E-state index < -0.39 is 17.5 Å². The first-order chi connectivity index (χ1) is 14.4. The molecule has 2 aromatic carbocycles. The highest BCUT2D eigenvalue weighted by Crippen LogP contribution is 2.29. The van der Waals surface area contributed by atoms with Crippen molar-refractivity contribution in [2.45, 2.75) is 45.8 Å². The van der Waals surface area contributed by atoms with E-state index in [-0.39, 0.29) is 24.1 Å². The Kier molecular flexibility index (Phi) is 8.90. The molecule has 0 aromatic heterocycles. The van der Waals surface area contributed by atoms with Gasteiger partial charge in [-0.25, -0.2) is 0 Å². The molecule has 0 unspecified atom stereocenters. The van der Waals surface area contributed by atoms with Gasteiger partial charge in [-0.3, -0.25) is 9.59 Å². The highest BCUT2D eigenvalue weighted by atomic mass is 35.5. The van der Waals surface area contributed by atoms with Crippen LogP contribution in [-0.2, 0) is 16.1 Å². The number of nitrogens with zero attached hydrogens (tertiary/aromatic N) is 1. The molecule has 0 fully saturated rings. The lowest BCUT2D eigenvalue weighted by molar-refractivity contribution is -0.142. The molecule has 0 aliphatic carbocycles. The van der Waals surface area contributed by atoms with Crippen molar-refractivity contribution in [2.24, 2.45) is 0 Å². The number of halogens is 4. The number of amides is 2. The third kappa shape index (κ3) is 7.46. The minimum absolute atomic E-state index is 0.0355. The molecule has 0 radical (unpaired) electrons. The van der Waals surface area contributed by atoms with Crippen LogP contribution in [0.15, 0.2) is 36.4 Å². The highest BCUT2D eigenvalue weighted by Gasteiger charge is 2.29. The zero-order valence-electron chi connectivity index (χ0n) is 17.6. The first-order valence-electron chi connectivity index (χ1n) is 9.51. The molecule has 0 saturated carbocycles. The fourth-order valence-corrected chi connectivity index (χ4v) is 3.71. The second-order valence-electron chi connectivity index (χ2n) is 8.00. The van der Waals surface area contributed by atoms with Gasteiger partial charge in [-0.1, -0.05) is 52.5 Å². The summed E-state index contributed by atoms with van der Waals surface area (Å²) in [6.07, 6.45) is 0. The predicted octanol–water partition coefficient (Wildman–Crippen LogP) is 6.01. The lowest BCUT2D eigenvalue weighted by Gasteiger charge is -2.31. The molecule has 5 nitrogen and oxygen atoms in total. The first kappa shape index (κ1) is 25.6. The summed E-state index contributed by atoms with van der Waals surface area (Å²) in [4.78, 5) is 27.3. The second-order valence-corrected chi connectivity index (χ2v) is 9.66. The minimum atomic E-state index is -0.802. The maximum absolute atomic E-state index is 13.1. The Bertz CT molecular complexity index is 940. The molecular formula is C22H24Cl4N2O3. The lowest BCUT2D eigenvalue weighted by atomic mass is 10.1. The maximum atomic E-state index is 13.1. The predicted molar refractivity (Wildman–Crippen MR) is 126 cm³/mol. The molecule has 0 aliphatic rings. The number of rotatable bonds is 7. The molecule has 0 bridgehead atoms. The van der Waals surface area contributed by atoms with Crippen LogP contribution in [0.5, 0.6) is 5.75 Å². The van der Waals surface area contributed by atoms with Crippen LogP contribution in [0, 0.1) is 0 Å². The Morgan fingerprint density at radius 3 is 2.19 bits per heavy atom. The van der Waals surface area contributed by atoms with Gasteiger partial charge in [0.05, 0.1) is 5.02 Å². The summed E-state index contributed by atoms with van der Waals surface area (Å²) in [7, 11) is 0. The summed E-state index contributed by atoms with van der Waals surface area (Å²) in [5, 5.41) is 4.41. The number of ether oxygens (including phenoxy) is 1. The van der Waals surface area contributed by atoms with E-state index >= 15 is 0 Å². The van der Waals surface area contributed by atoms with Crippen LogP contribution in [0.25, 0.3) is 0 Å². The zero-order chi connectivity index (χ0) is 23.3. The van der Waals surface area contributed by atoms with Crippen LogP contribution >= 0.6 is 46.4 Å². The second kappa shape index (κ2) is 10.8. The maximum Gasteiger partial charge on any atom is 0.261 e. The number of carbonyl (C=O) groups is 2. The van der Waals surface area contributed by atoms with Gasteiger partial charge in [-0.15, -0.1) is 0 Å². The molecule has 2 rings (SSSR count). The van der Waals surface area contributed by atoms with Crippen molar-refractivity contribution in [3.05, 3.63) is 62.1 Å². The van der Waals surface area contributed by atoms with E-state index in [2.05, 4.69) is 5.32 Å². The van der Waals surface area contributed by atoms with Gasteiger partial charge in [0.25, 0.3) is 5.91 Å². The van der Waals surface area contributed by atoms with Crippen LogP contribution in [-0.4, -0.2) is 34.9 Å². The van der Waals surface area contributed by atoms with Gasteiger partial charge in [0.15, 0.2) is 6.61 Å². The molecule has 1 N–H and O–H groups in total. The third-order valence-electron chi connectivity index (χ3n) is 4.30. The molecule has 0 spiro atoms. The van der Waals surface area contributed by atoms with Crippen molar-refractivity contribution in [3.63, 3.8) is 0 Å². The van der Waals surface area contributed by atoms with Crippen LogP contribution in [0.1, 0.15) is 33.3 Å². The van der Waals surface area contributed by atoms with Gasteiger partial charge in [0.2, 0.25) is 5.91 Å². The van der Waals surface area contributed by atoms with Crippen molar-refractivity contribution < 1.29 is 14.3 Å². The largest absolute Gasteiger partial charge is 0.482 e. The molecule has 0 heterocycles. The number of nitrogens with one attached hydrogen (secondary N) is 1. The standard InChI is InChI=1S/C22H24Cl4N2O3/c1-13(21(30)27-22(2,3)4)28(11-15-16(24)6-5-7-17(15)25)20(29)12-31-19-9-8-14(23)10-18(19)26/h5-10,13H,11-12H2,1-4H3,(H,27,30)/t13-/m1/s1. The number of carbonyl (C=O) groups excluding carboxylic acids is 2. The first-order valence-corrected chi connectivity index (χ1v) is 11.0. The van der Waals surface area contributed by atoms with Gasteiger partial charge in [0.1, 0.15) is 11.8 Å². The van der Waals surface area contributed by atoms with Crippen LogP contribution < -0.4 is 10.1 Å². The van der Waals surface area contributed by atoms with Gasteiger partial charge < -0.3 is 15.0 Å². The van der Waals surface area contributed by atoms with Crippen molar-refractivity contribution in [1.29, 1.82) is 0 Å². The van der Waals surface area contributed by atoms with E-state index in [9.17, 15) is 9.59 Å². The average molecular weight is 506 g/mol. The molecule has 2 aromatic rings. The smallest absolute Gasteiger partial charge is 0.261 e. The molecular weight excluding hydrogens is 482 g/mol. The fraction of sp³-hybridized carbons (Fsp3) is 0.364. The molecule has 1 atom stereocenters. The van der Waals surface area contributed by atoms with Crippen molar-refractivity contribution >= 4 is 58.2 Å². The number of hydrogen-bond acceptors (Lipinski definition) is 3. The number of hydrogen-bond donors (Lipinski definition) is 1. The molecule has 0 saturated heterocycles. The Morgan fingerprint density at radius 2 is 1.65 bits per heavy atom. The van der Waals surface area contributed by atoms with Gasteiger partial charge in [-0.05, 0) is 58.0 Å². The summed E-state index contributed by atoms with van der Waals surface area (Å²) >= 11 is 24.6. The summed E-state index contributed by atoms with van der Waals surface area (Å²) in [6.45, 7) is 6.92. The summed E-state index contributed by atoms with van der Waals surface area (Å²) < 4.78 is 5.58. The Labute approximate surface area is 202 Å². The van der Waals surface area contributed by atoms with Gasteiger partial charge in [0, 0.05) is 32.7 Å². The molecule has 9 heteroatoms. The van der Waals surface area contributed by atoms with Crippen LogP contribution in [0.2, 0.25) is 20.1 Å². The van der Waals surface area contributed by atoms with E-state index in [4.69, 9.17) is 51.1 Å². The molecule has 31 heavy (non-hydrogen) atoms. The van der Waals surface area contributed by atoms with Crippen molar-refractivity contribution in [2.75, 3.05) is 6.61 Å².